The molecule has 7 nitrogen and oxygen atoms in total. The maximum Gasteiger partial charge on any atom is 0.431 e. The zero-order valence-electron chi connectivity index (χ0n) is 11.7. The number of rotatable bonds is 2. The Morgan fingerprint density at radius 2 is 1.95 bits per heavy atom. The van der Waals surface area contributed by atoms with Crippen LogP contribution in [-0.4, -0.2) is 52.3 Å². The fraction of sp³-hybridized carbons (Fsp3) is 0.692. The first-order valence-electron chi connectivity index (χ1n) is 6.85. The predicted octanol–water partition coefficient (Wildman–Crippen LogP) is 1.63. The van der Waals surface area contributed by atoms with E-state index in [1.54, 1.807) is 19.9 Å². The van der Waals surface area contributed by atoms with E-state index in [2.05, 4.69) is 0 Å². The minimum absolute atomic E-state index is 0.167. The van der Waals surface area contributed by atoms with Crippen LogP contribution in [0.25, 0.3) is 0 Å². The van der Waals surface area contributed by atoms with Crippen LogP contribution in [0.2, 0.25) is 0 Å². The molecule has 2 atom stereocenters. The Hall–Kier alpha value is -1.76. The van der Waals surface area contributed by atoms with Crippen molar-refractivity contribution in [2.24, 2.45) is 0 Å². The number of fused-ring (bicyclic) bond motifs is 3. The van der Waals surface area contributed by atoms with Gasteiger partial charge in [0.2, 0.25) is 0 Å². The summed E-state index contributed by atoms with van der Waals surface area (Å²) < 4.78 is 9.95. The number of amides is 2. The van der Waals surface area contributed by atoms with Crippen LogP contribution in [0.1, 0.15) is 33.1 Å². The lowest BCUT2D eigenvalue weighted by molar-refractivity contribution is -0.209. The van der Waals surface area contributed by atoms with Crippen LogP contribution in [0.15, 0.2) is 12.2 Å². The van der Waals surface area contributed by atoms with Gasteiger partial charge in [-0.3, -0.25) is 0 Å². The molecule has 112 valence electrons. The third kappa shape index (κ3) is 2.45. The second-order valence-electron chi connectivity index (χ2n) is 4.77. The van der Waals surface area contributed by atoms with Gasteiger partial charge >= 0.3 is 12.2 Å². The highest BCUT2D eigenvalue weighted by atomic mass is 16.6. The minimum atomic E-state index is -1.44. The summed E-state index contributed by atoms with van der Waals surface area (Å²) in [7, 11) is 0. The van der Waals surface area contributed by atoms with Crippen LogP contribution in [0.5, 0.6) is 0 Å². The monoisotopic (exact) mass is 284 g/mol. The molecule has 0 aromatic heterocycles. The summed E-state index contributed by atoms with van der Waals surface area (Å²) in [5, 5.41) is 12.8. The van der Waals surface area contributed by atoms with Crippen molar-refractivity contribution in [1.29, 1.82) is 0 Å². The Labute approximate surface area is 117 Å². The molecule has 2 amide bonds. The molecule has 2 heterocycles. The van der Waals surface area contributed by atoms with E-state index in [1.165, 1.54) is 0 Å². The summed E-state index contributed by atoms with van der Waals surface area (Å²) in [5.41, 5.74) is -1.44. The van der Waals surface area contributed by atoms with E-state index in [-0.39, 0.29) is 25.7 Å². The normalized spacial score (nSPS) is 28.2. The third-order valence-corrected chi connectivity index (χ3v) is 3.46. The zero-order chi connectivity index (χ0) is 14.8. The van der Waals surface area contributed by atoms with Crippen molar-refractivity contribution in [3.8, 4) is 0 Å². The Morgan fingerprint density at radius 3 is 2.60 bits per heavy atom. The van der Waals surface area contributed by atoms with E-state index in [0.29, 0.717) is 12.8 Å². The van der Waals surface area contributed by atoms with Gasteiger partial charge in [-0.1, -0.05) is 12.2 Å². The second kappa shape index (κ2) is 5.70. The Morgan fingerprint density at radius 1 is 1.30 bits per heavy atom. The largest absolute Gasteiger partial charge is 0.448 e. The SMILES string of the molecule is CCOC(=O)N1[C@@H]2C=CC[C@@](O)(CC2)N1C(=O)OCC. The van der Waals surface area contributed by atoms with Gasteiger partial charge in [0.05, 0.1) is 19.3 Å². The van der Waals surface area contributed by atoms with Gasteiger partial charge in [-0.25, -0.2) is 14.6 Å². The lowest BCUT2D eigenvalue weighted by Gasteiger charge is -2.48. The number of hydrogen-bond donors (Lipinski definition) is 1. The minimum Gasteiger partial charge on any atom is -0.448 e. The van der Waals surface area contributed by atoms with E-state index >= 15 is 0 Å². The van der Waals surface area contributed by atoms with Crippen molar-refractivity contribution in [1.82, 2.24) is 10.0 Å². The maximum atomic E-state index is 12.1. The standard InChI is InChI=1S/C13H20N2O5/c1-3-19-11(16)14-10-6-5-8-13(18,9-7-10)15(14)12(17)20-4-2/h5-6,10,18H,3-4,7-9H2,1-2H3/t10-,13-/m1/s1. The van der Waals surface area contributed by atoms with Gasteiger partial charge < -0.3 is 14.6 Å². The number of ether oxygens (including phenoxy) is 2. The van der Waals surface area contributed by atoms with Gasteiger partial charge in [-0.05, 0) is 26.7 Å². The van der Waals surface area contributed by atoms with Crippen LogP contribution in [0, 0.1) is 0 Å². The van der Waals surface area contributed by atoms with Crippen molar-refractivity contribution in [2.75, 3.05) is 13.2 Å². The molecule has 2 aliphatic heterocycles. The highest BCUT2D eigenvalue weighted by Crippen LogP contribution is 2.37. The van der Waals surface area contributed by atoms with E-state index < -0.39 is 17.9 Å². The zero-order valence-corrected chi connectivity index (χ0v) is 11.7. The molecule has 1 fully saturated rings. The molecule has 0 saturated carbocycles. The van der Waals surface area contributed by atoms with Gasteiger partial charge in [0.25, 0.3) is 0 Å². The van der Waals surface area contributed by atoms with Crippen LogP contribution >= 0.6 is 0 Å². The van der Waals surface area contributed by atoms with E-state index in [9.17, 15) is 14.7 Å². The van der Waals surface area contributed by atoms with Crippen LogP contribution in [0.4, 0.5) is 9.59 Å². The smallest absolute Gasteiger partial charge is 0.431 e. The van der Waals surface area contributed by atoms with Crippen LogP contribution in [0.3, 0.4) is 0 Å². The molecule has 1 N–H and O–H groups in total. The molecule has 0 aromatic carbocycles. The number of hydrazine groups is 1. The first-order valence-corrected chi connectivity index (χ1v) is 6.85. The van der Waals surface area contributed by atoms with Crippen LogP contribution < -0.4 is 0 Å². The number of hydrogen-bond acceptors (Lipinski definition) is 5. The van der Waals surface area contributed by atoms with Crippen molar-refractivity contribution in [3.05, 3.63) is 12.2 Å². The number of carbonyl (C=O) groups is 2. The molecule has 7 heteroatoms. The fourth-order valence-electron chi connectivity index (χ4n) is 2.59. The van der Waals surface area contributed by atoms with Gasteiger partial charge in [0.15, 0.2) is 5.72 Å². The molecule has 20 heavy (non-hydrogen) atoms. The highest BCUT2D eigenvalue weighted by molar-refractivity contribution is 5.76. The van der Waals surface area contributed by atoms with E-state index in [1.807, 2.05) is 6.08 Å². The highest BCUT2D eigenvalue weighted by Gasteiger charge is 2.51. The Bertz CT molecular complexity index is 425. The van der Waals surface area contributed by atoms with Crippen LogP contribution in [-0.2, 0) is 9.47 Å². The molecule has 3 rings (SSSR count). The predicted molar refractivity (Wildman–Crippen MR) is 69.5 cm³/mol. The van der Waals surface area contributed by atoms with Gasteiger partial charge in [-0.2, -0.15) is 5.01 Å². The molecule has 0 spiro atoms. The summed E-state index contributed by atoms with van der Waals surface area (Å²) in [6, 6.07) is -0.304. The molecule has 2 bridgehead atoms. The molecule has 0 radical (unpaired) electrons. The Kier molecular flexibility index (Phi) is 4.17. The van der Waals surface area contributed by atoms with Crippen molar-refractivity contribution in [3.63, 3.8) is 0 Å². The first-order chi connectivity index (χ1) is 9.53. The summed E-state index contributed by atoms with van der Waals surface area (Å²) in [6.07, 6.45) is 3.42. The molecule has 3 aliphatic rings. The van der Waals surface area contributed by atoms with E-state index in [0.717, 1.165) is 10.0 Å². The van der Waals surface area contributed by atoms with Gasteiger partial charge in [-0.15, -0.1) is 0 Å². The van der Waals surface area contributed by atoms with Crippen molar-refractivity contribution >= 4 is 12.2 Å². The van der Waals surface area contributed by atoms with Crippen molar-refractivity contribution < 1.29 is 24.2 Å². The number of nitrogens with zero attached hydrogens (tertiary/aromatic N) is 2. The average molecular weight is 284 g/mol. The molecule has 1 aliphatic carbocycles. The summed E-state index contributed by atoms with van der Waals surface area (Å²) in [6.45, 7) is 3.72. The lowest BCUT2D eigenvalue weighted by Crippen LogP contribution is -2.66. The second-order valence-corrected chi connectivity index (χ2v) is 4.77. The Balaban J connectivity index is 2.35. The number of carbonyl (C=O) groups excluding carboxylic acids is 2. The van der Waals surface area contributed by atoms with Gasteiger partial charge in [0.1, 0.15) is 0 Å². The maximum absolute atomic E-state index is 12.1. The lowest BCUT2D eigenvalue weighted by atomic mass is 10.00. The molecule has 0 aromatic rings. The third-order valence-electron chi connectivity index (χ3n) is 3.46. The summed E-state index contributed by atoms with van der Waals surface area (Å²) >= 11 is 0. The quantitative estimate of drug-likeness (QED) is 0.780. The van der Waals surface area contributed by atoms with Crippen molar-refractivity contribution in [2.45, 2.75) is 44.9 Å². The van der Waals surface area contributed by atoms with E-state index in [4.69, 9.17) is 9.47 Å². The first kappa shape index (κ1) is 14.6. The average Bonchev–Trinajstić information content (AvgIpc) is 2.67. The topological polar surface area (TPSA) is 79.3 Å². The fourth-order valence-corrected chi connectivity index (χ4v) is 2.59. The molecular weight excluding hydrogens is 264 g/mol. The summed E-state index contributed by atoms with van der Waals surface area (Å²) in [4.78, 5) is 24.2. The molecule has 1 saturated heterocycles. The number of aliphatic hydroxyl groups is 1. The molecular formula is C13H20N2O5. The molecule has 0 unspecified atom stereocenters. The summed E-state index contributed by atoms with van der Waals surface area (Å²) in [5.74, 6) is 0. The van der Waals surface area contributed by atoms with Gasteiger partial charge in [0, 0.05) is 6.42 Å².